The van der Waals surface area contributed by atoms with Crippen molar-refractivity contribution in [2.45, 2.75) is 12.5 Å². The number of ether oxygens (including phenoxy) is 1. The Bertz CT molecular complexity index is 304. The van der Waals surface area contributed by atoms with Crippen molar-refractivity contribution in [2.24, 2.45) is 5.73 Å². The zero-order valence-corrected chi connectivity index (χ0v) is 8.03. The number of nitrogens with two attached hydrogens (primary N) is 1. The summed E-state index contributed by atoms with van der Waals surface area (Å²) in [6.45, 7) is 0.326. The second-order valence-corrected chi connectivity index (χ2v) is 2.98. The Kier molecular flexibility index (Phi) is 3.85. The Balaban J connectivity index is 2.88. The van der Waals surface area contributed by atoms with Crippen LogP contribution in [-0.2, 0) is 0 Å². The lowest BCUT2D eigenvalue weighted by Crippen LogP contribution is -2.08. The molecule has 0 aliphatic heterocycles. The highest BCUT2D eigenvalue weighted by Gasteiger charge is 2.12. The molecule has 0 bridgehead atoms. The molecule has 14 heavy (non-hydrogen) atoms. The summed E-state index contributed by atoms with van der Waals surface area (Å²) < 4.78 is 18.2. The molecular formula is C10H14FNO2. The Morgan fingerprint density at radius 2 is 2.29 bits per heavy atom. The van der Waals surface area contributed by atoms with E-state index in [1.807, 2.05) is 0 Å². The average molecular weight is 199 g/mol. The van der Waals surface area contributed by atoms with E-state index in [9.17, 15) is 9.50 Å². The van der Waals surface area contributed by atoms with E-state index in [0.717, 1.165) is 0 Å². The van der Waals surface area contributed by atoms with Crippen LogP contribution in [0.25, 0.3) is 0 Å². The maximum absolute atomic E-state index is 13.3. The van der Waals surface area contributed by atoms with E-state index in [2.05, 4.69) is 0 Å². The van der Waals surface area contributed by atoms with E-state index < -0.39 is 11.9 Å². The minimum atomic E-state index is -0.842. The van der Waals surface area contributed by atoms with Crippen molar-refractivity contribution in [3.8, 4) is 5.75 Å². The summed E-state index contributed by atoms with van der Waals surface area (Å²) in [6, 6.07) is 4.36. The normalized spacial score (nSPS) is 12.6. The van der Waals surface area contributed by atoms with E-state index in [1.54, 1.807) is 6.07 Å². The summed E-state index contributed by atoms with van der Waals surface area (Å²) in [6.07, 6.45) is -0.491. The fraction of sp³-hybridized carbons (Fsp3) is 0.400. The summed E-state index contributed by atoms with van der Waals surface area (Å²) in [5.41, 5.74) is 5.53. The number of hydrogen-bond donors (Lipinski definition) is 2. The number of methoxy groups -OCH3 is 1. The lowest BCUT2D eigenvalue weighted by molar-refractivity contribution is 0.165. The summed E-state index contributed by atoms with van der Waals surface area (Å²) in [5.74, 6) is -0.0310. The second-order valence-electron chi connectivity index (χ2n) is 2.98. The minimum Gasteiger partial charge on any atom is -0.497 e. The highest BCUT2D eigenvalue weighted by molar-refractivity contribution is 5.30. The van der Waals surface area contributed by atoms with Crippen molar-refractivity contribution in [2.75, 3.05) is 13.7 Å². The predicted molar refractivity (Wildman–Crippen MR) is 51.6 cm³/mol. The van der Waals surface area contributed by atoms with Crippen molar-refractivity contribution in [1.29, 1.82) is 0 Å². The van der Waals surface area contributed by atoms with Crippen LogP contribution in [0.3, 0.4) is 0 Å². The molecule has 3 nitrogen and oxygen atoms in total. The molecule has 4 heteroatoms. The predicted octanol–water partition coefficient (Wildman–Crippen LogP) is 1.22. The van der Waals surface area contributed by atoms with Crippen molar-refractivity contribution in [3.05, 3.63) is 29.6 Å². The van der Waals surface area contributed by atoms with Crippen molar-refractivity contribution in [3.63, 3.8) is 0 Å². The van der Waals surface area contributed by atoms with Gasteiger partial charge in [-0.25, -0.2) is 4.39 Å². The van der Waals surface area contributed by atoms with Gasteiger partial charge in [-0.3, -0.25) is 0 Å². The fourth-order valence-electron chi connectivity index (χ4n) is 1.22. The van der Waals surface area contributed by atoms with Crippen molar-refractivity contribution in [1.82, 2.24) is 0 Å². The van der Waals surface area contributed by atoms with E-state index in [4.69, 9.17) is 10.5 Å². The van der Waals surface area contributed by atoms with Gasteiger partial charge in [0.1, 0.15) is 11.6 Å². The van der Waals surface area contributed by atoms with E-state index in [1.165, 1.54) is 19.2 Å². The molecule has 0 saturated heterocycles. The molecule has 0 spiro atoms. The molecule has 1 aromatic rings. The average Bonchev–Trinajstić information content (AvgIpc) is 2.17. The lowest BCUT2D eigenvalue weighted by atomic mass is 10.1. The third kappa shape index (κ3) is 2.43. The van der Waals surface area contributed by atoms with Crippen LogP contribution in [0, 0.1) is 5.82 Å². The summed E-state index contributed by atoms with van der Waals surface area (Å²) in [4.78, 5) is 0. The first kappa shape index (κ1) is 10.9. The van der Waals surface area contributed by atoms with Crippen LogP contribution < -0.4 is 10.5 Å². The van der Waals surface area contributed by atoms with Crippen LogP contribution in [0.2, 0.25) is 0 Å². The van der Waals surface area contributed by atoms with Gasteiger partial charge in [-0.05, 0) is 25.1 Å². The molecule has 0 fully saturated rings. The van der Waals surface area contributed by atoms with E-state index >= 15 is 0 Å². The van der Waals surface area contributed by atoms with Gasteiger partial charge in [0.2, 0.25) is 0 Å². The summed E-state index contributed by atoms with van der Waals surface area (Å²) in [5, 5.41) is 9.50. The Hall–Kier alpha value is -1.13. The number of halogens is 1. The van der Waals surface area contributed by atoms with Gasteiger partial charge in [-0.15, -0.1) is 0 Å². The Labute approximate surface area is 82.3 Å². The minimum absolute atomic E-state index is 0.260. The molecule has 1 atom stereocenters. The van der Waals surface area contributed by atoms with Crippen LogP contribution in [0.4, 0.5) is 4.39 Å². The Morgan fingerprint density at radius 3 is 2.79 bits per heavy atom. The first-order valence-corrected chi connectivity index (χ1v) is 4.40. The molecule has 78 valence electrons. The van der Waals surface area contributed by atoms with Crippen LogP contribution in [0.5, 0.6) is 5.75 Å². The van der Waals surface area contributed by atoms with Gasteiger partial charge in [0.25, 0.3) is 0 Å². The van der Waals surface area contributed by atoms with Crippen LogP contribution >= 0.6 is 0 Å². The molecule has 0 amide bonds. The zero-order chi connectivity index (χ0) is 10.6. The van der Waals surface area contributed by atoms with Gasteiger partial charge in [0.05, 0.1) is 13.2 Å². The SMILES string of the molecule is COc1ccc([C@@H](O)CCN)c(F)c1. The fourth-order valence-corrected chi connectivity index (χ4v) is 1.22. The molecule has 3 N–H and O–H groups in total. The topological polar surface area (TPSA) is 55.5 Å². The third-order valence-corrected chi connectivity index (χ3v) is 2.01. The molecular weight excluding hydrogens is 185 g/mol. The molecule has 0 heterocycles. The Morgan fingerprint density at radius 1 is 1.57 bits per heavy atom. The van der Waals surface area contributed by atoms with E-state index in [0.29, 0.717) is 18.7 Å². The maximum Gasteiger partial charge on any atom is 0.132 e. The molecule has 1 rings (SSSR count). The van der Waals surface area contributed by atoms with Gasteiger partial charge in [0, 0.05) is 11.6 Å². The van der Waals surface area contributed by atoms with Gasteiger partial charge in [0.15, 0.2) is 0 Å². The molecule has 0 radical (unpaired) electrons. The number of benzene rings is 1. The largest absolute Gasteiger partial charge is 0.497 e. The molecule has 0 aromatic heterocycles. The maximum atomic E-state index is 13.3. The third-order valence-electron chi connectivity index (χ3n) is 2.01. The smallest absolute Gasteiger partial charge is 0.132 e. The quantitative estimate of drug-likeness (QED) is 0.766. The summed E-state index contributed by atoms with van der Waals surface area (Å²) in [7, 11) is 1.46. The van der Waals surface area contributed by atoms with E-state index in [-0.39, 0.29) is 5.56 Å². The highest BCUT2D eigenvalue weighted by atomic mass is 19.1. The monoisotopic (exact) mass is 199 g/mol. The highest BCUT2D eigenvalue weighted by Crippen LogP contribution is 2.23. The molecule has 0 aliphatic carbocycles. The number of rotatable bonds is 4. The number of hydrogen-bond acceptors (Lipinski definition) is 3. The van der Waals surface area contributed by atoms with Gasteiger partial charge in [-0.1, -0.05) is 0 Å². The summed E-state index contributed by atoms with van der Waals surface area (Å²) >= 11 is 0. The van der Waals surface area contributed by atoms with Crippen LogP contribution in [-0.4, -0.2) is 18.8 Å². The van der Waals surface area contributed by atoms with Crippen molar-refractivity contribution < 1.29 is 14.2 Å². The number of aliphatic hydroxyl groups is 1. The van der Waals surface area contributed by atoms with Crippen LogP contribution in [0.1, 0.15) is 18.1 Å². The van der Waals surface area contributed by atoms with Crippen molar-refractivity contribution >= 4 is 0 Å². The lowest BCUT2D eigenvalue weighted by Gasteiger charge is -2.11. The van der Waals surface area contributed by atoms with Gasteiger partial charge in [-0.2, -0.15) is 0 Å². The molecule has 1 aromatic carbocycles. The van der Waals surface area contributed by atoms with Gasteiger partial charge >= 0.3 is 0 Å². The van der Waals surface area contributed by atoms with Crippen LogP contribution in [0.15, 0.2) is 18.2 Å². The molecule has 0 aliphatic rings. The second kappa shape index (κ2) is 4.93. The molecule has 0 saturated carbocycles. The zero-order valence-electron chi connectivity index (χ0n) is 8.03. The first-order valence-electron chi connectivity index (χ1n) is 4.40. The number of aliphatic hydroxyl groups excluding tert-OH is 1. The standard InChI is InChI=1S/C10H14FNO2/c1-14-7-2-3-8(9(11)6-7)10(13)4-5-12/h2-3,6,10,13H,4-5,12H2,1H3/t10-/m0/s1. The first-order chi connectivity index (χ1) is 6.69. The van der Waals surface area contributed by atoms with Gasteiger partial charge < -0.3 is 15.6 Å². The molecule has 0 unspecified atom stereocenters.